The lowest BCUT2D eigenvalue weighted by atomic mass is 9.89. The van der Waals surface area contributed by atoms with Crippen molar-refractivity contribution in [3.8, 4) is 11.1 Å². The van der Waals surface area contributed by atoms with Crippen LogP contribution in [-0.4, -0.2) is 63.4 Å². The highest BCUT2D eigenvalue weighted by Crippen LogP contribution is 2.42. The number of amides is 1. The van der Waals surface area contributed by atoms with Crippen LogP contribution in [0, 0.1) is 5.92 Å². The molecule has 2 heterocycles. The van der Waals surface area contributed by atoms with Gasteiger partial charge in [-0.15, -0.1) is 0 Å². The lowest BCUT2D eigenvalue weighted by molar-refractivity contribution is -0.276. The number of benzene rings is 4. The molecule has 4 unspecified atom stereocenters. The van der Waals surface area contributed by atoms with Crippen LogP contribution in [0.5, 0.6) is 0 Å². The Morgan fingerprint density at radius 2 is 1.43 bits per heavy atom. The number of aliphatic hydroxyl groups is 1. The van der Waals surface area contributed by atoms with E-state index in [4.69, 9.17) is 44.3 Å². The van der Waals surface area contributed by atoms with Crippen LogP contribution in [0.4, 0.5) is 0 Å². The number of carbonyl (C=O) groups is 1. The van der Waals surface area contributed by atoms with Gasteiger partial charge in [-0.2, -0.15) is 0 Å². The zero-order valence-electron chi connectivity index (χ0n) is 27.5. The molecule has 49 heavy (non-hydrogen) atoms. The first kappa shape index (κ1) is 35.8. The number of hydrogen-bond donors (Lipinski definition) is 2. The van der Waals surface area contributed by atoms with E-state index in [2.05, 4.69) is 64.5 Å². The van der Waals surface area contributed by atoms with Crippen LogP contribution in [0.15, 0.2) is 103 Å². The van der Waals surface area contributed by atoms with E-state index in [0.717, 1.165) is 72.6 Å². The highest BCUT2D eigenvalue weighted by Gasteiger charge is 2.39. The fraction of sp³-hybridized carbons (Fsp3) is 0.359. The Labute approximate surface area is 303 Å². The molecule has 4 aromatic rings. The third kappa shape index (κ3) is 9.23. The van der Waals surface area contributed by atoms with E-state index < -0.39 is 16.0 Å². The quantitative estimate of drug-likeness (QED) is 0.166. The van der Waals surface area contributed by atoms with Gasteiger partial charge in [0.05, 0.1) is 18.8 Å². The van der Waals surface area contributed by atoms with Crippen molar-refractivity contribution in [1.82, 2.24) is 15.1 Å². The van der Waals surface area contributed by atoms with Crippen LogP contribution in [-0.2, 0) is 34.0 Å². The molecule has 0 spiro atoms. The van der Waals surface area contributed by atoms with Gasteiger partial charge >= 0.3 is 0 Å². The summed E-state index contributed by atoms with van der Waals surface area (Å²) < 4.78 is 11.5. The molecule has 258 valence electrons. The van der Waals surface area contributed by atoms with Gasteiger partial charge in [-0.25, -0.2) is 0 Å². The van der Waals surface area contributed by atoms with E-state index in [1.165, 1.54) is 5.56 Å². The van der Waals surface area contributed by atoms with Crippen LogP contribution in [0.1, 0.15) is 47.1 Å². The Bertz CT molecular complexity index is 1660. The standard InChI is InChI=1S/C39H42Cl3N3O4/c1-27-35(25-45-21-19-44(20-22-45)24-28-7-3-2-4-8-28)48-37(49-36(27)31-13-11-29(26-46)12-14-31)32-17-15-30(16-18-32)34-10-6-5-9-33(34)23-43-38(47)39(40,41)42/h2-18,27,35-37,46H,19-26H2,1H3,(H,43,47). The number of halogens is 3. The second kappa shape index (κ2) is 16.4. The van der Waals surface area contributed by atoms with Gasteiger partial charge in [0.2, 0.25) is 0 Å². The van der Waals surface area contributed by atoms with Crippen molar-refractivity contribution in [2.24, 2.45) is 5.92 Å². The Morgan fingerprint density at radius 1 is 0.796 bits per heavy atom. The minimum Gasteiger partial charge on any atom is -0.392 e. The molecule has 1 amide bonds. The van der Waals surface area contributed by atoms with Crippen molar-refractivity contribution in [2.75, 3.05) is 32.7 Å². The third-order valence-corrected chi connectivity index (χ3v) is 10.00. The number of ether oxygens (including phenoxy) is 2. The number of hydrogen-bond acceptors (Lipinski definition) is 6. The van der Waals surface area contributed by atoms with Gasteiger partial charge in [0.15, 0.2) is 6.29 Å². The van der Waals surface area contributed by atoms with Crippen molar-refractivity contribution in [1.29, 1.82) is 0 Å². The number of nitrogens with one attached hydrogen (secondary N) is 1. The summed E-state index contributed by atoms with van der Waals surface area (Å²) in [5.41, 5.74) is 7.04. The summed E-state index contributed by atoms with van der Waals surface area (Å²) in [6.07, 6.45) is -0.794. The van der Waals surface area contributed by atoms with Crippen LogP contribution >= 0.6 is 34.8 Å². The van der Waals surface area contributed by atoms with Gasteiger partial charge in [-0.1, -0.05) is 145 Å². The number of aliphatic hydroxyl groups excluding tert-OH is 1. The van der Waals surface area contributed by atoms with Crippen molar-refractivity contribution in [3.63, 3.8) is 0 Å². The molecule has 4 atom stereocenters. The molecule has 2 fully saturated rings. The van der Waals surface area contributed by atoms with Crippen molar-refractivity contribution >= 4 is 40.7 Å². The molecule has 2 aliphatic rings. The van der Waals surface area contributed by atoms with Gasteiger partial charge in [0, 0.05) is 57.3 Å². The number of piperazine rings is 1. The summed E-state index contributed by atoms with van der Waals surface area (Å²) in [4.78, 5) is 17.2. The lowest BCUT2D eigenvalue weighted by Crippen LogP contribution is -2.51. The number of rotatable bonds is 10. The van der Waals surface area contributed by atoms with Gasteiger partial charge in [0.1, 0.15) is 0 Å². The minimum atomic E-state index is -2.03. The van der Waals surface area contributed by atoms with Gasteiger partial charge in [-0.3, -0.25) is 14.6 Å². The van der Waals surface area contributed by atoms with Crippen molar-refractivity contribution in [3.05, 3.63) is 131 Å². The molecule has 0 bridgehead atoms. The fourth-order valence-corrected chi connectivity index (χ4v) is 6.81. The van der Waals surface area contributed by atoms with E-state index in [-0.39, 0.29) is 31.3 Å². The highest BCUT2D eigenvalue weighted by atomic mass is 35.6. The SMILES string of the molecule is CC1C(CN2CCN(Cc3ccccc3)CC2)OC(c2ccc(-c3ccccc3CNC(=O)C(Cl)(Cl)Cl)cc2)OC1c1ccc(CO)cc1. The molecule has 2 aliphatic heterocycles. The molecular formula is C39H42Cl3N3O4. The Hall–Kier alpha value is -2.98. The molecule has 10 heteroatoms. The normalized spacial score (nSPS) is 22.1. The minimum absolute atomic E-state index is 0.000715. The van der Waals surface area contributed by atoms with E-state index in [1.807, 2.05) is 60.7 Å². The Morgan fingerprint density at radius 3 is 2.10 bits per heavy atom. The predicted molar refractivity (Wildman–Crippen MR) is 195 cm³/mol. The largest absolute Gasteiger partial charge is 0.392 e. The molecule has 2 saturated heterocycles. The fourth-order valence-electron chi connectivity index (χ4n) is 6.61. The molecule has 4 aromatic carbocycles. The smallest absolute Gasteiger partial charge is 0.272 e. The second-order valence-corrected chi connectivity index (χ2v) is 15.1. The second-order valence-electron chi connectivity index (χ2n) is 12.8. The summed E-state index contributed by atoms with van der Waals surface area (Å²) in [6.45, 7) is 8.20. The maximum Gasteiger partial charge on any atom is 0.272 e. The Balaban J connectivity index is 1.17. The van der Waals surface area contributed by atoms with E-state index in [0.29, 0.717) is 0 Å². The lowest BCUT2D eigenvalue weighted by Gasteiger charge is -2.44. The molecule has 0 aliphatic carbocycles. The topological polar surface area (TPSA) is 74.3 Å². The zero-order valence-corrected chi connectivity index (χ0v) is 29.7. The summed E-state index contributed by atoms with van der Waals surface area (Å²) in [7, 11) is 0. The zero-order chi connectivity index (χ0) is 34.4. The average Bonchev–Trinajstić information content (AvgIpc) is 3.12. The van der Waals surface area contributed by atoms with Crippen LogP contribution in [0.3, 0.4) is 0 Å². The van der Waals surface area contributed by atoms with Crippen LogP contribution in [0.25, 0.3) is 11.1 Å². The summed E-state index contributed by atoms with van der Waals surface area (Å²) >= 11 is 17.2. The van der Waals surface area contributed by atoms with Gasteiger partial charge < -0.3 is 19.9 Å². The van der Waals surface area contributed by atoms with Gasteiger partial charge in [-0.05, 0) is 33.4 Å². The molecule has 0 radical (unpaired) electrons. The predicted octanol–water partition coefficient (Wildman–Crippen LogP) is 7.44. The first-order valence-electron chi connectivity index (χ1n) is 16.7. The van der Waals surface area contributed by atoms with Crippen molar-refractivity contribution in [2.45, 2.75) is 48.9 Å². The van der Waals surface area contributed by atoms with Crippen molar-refractivity contribution < 1.29 is 19.4 Å². The molecule has 6 rings (SSSR count). The van der Waals surface area contributed by atoms with E-state index in [9.17, 15) is 9.90 Å². The monoisotopic (exact) mass is 721 g/mol. The Kier molecular flexibility index (Phi) is 12.0. The maximum absolute atomic E-state index is 12.2. The molecule has 2 N–H and O–H groups in total. The average molecular weight is 723 g/mol. The number of nitrogens with zero attached hydrogens (tertiary/aromatic N) is 2. The summed E-state index contributed by atoms with van der Waals surface area (Å²) in [6, 6.07) is 34.6. The number of alkyl halides is 3. The first-order valence-corrected chi connectivity index (χ1v) is 17.8. The molecular weight excluding hydrogens is 681 g/mol. The first-order chi connectivity index (χ1) is 23.7. The number of carbonyl (C=O) groups excluding carboxylic acids is 1. The summed E-state index contributed by atoms with van der Waals surface area (Å²) in [5, 5.41) is 12.3. The van der Waals surface area contributed by atoms with E-state index in [1.54, 1.807) is 0 Å². The molecule has 7 nitrogen and oxygen atoms in total. The molecule has 0 saturated carbocycles. The van der Waals surface area contributed by atoms with Crippen LogP contribution in [0.2, 0.25) is 0 Å². The highest BCUT2D eigenvalue weighted by molar-refractivity contribution is 6.76. The summed E-state index contributed by atoms with van der Waals surface area (Å²) in [5.74, 6) is -0.569. The third-order valence-electron chi connectivity index (χ3n) is 9.48. The van der Waals surface area contributed by atoms with E-state index >= 15 is 0 Å². The molecule has 0 aromatic heterocycles. The maximum atomic E-state index is 12.2. The van der Waals surface area contributed by atoms with Crippen LogP contribution < -0.4 is 5.32 Å². The van der Waals surface area contributed by atoms with Gasteiger partial charge in [0.25, 0.3) is 9.70 Å².